The van der Waals surface area contributed by atoms with Gasteiger partial charge in [0.1, 0.15) is 0 Å². The molecule has 0 unspecified atom stereocenters. The minimum absolute atomic E-state index is 0.104. The average Bonchev–Trinajstić information content (AvgIpc) is 3.23. The van der Waals surface area contributed by atoms with Gasteiger partial charge in [0.25, 0.3) is 5.91 Å². The van der Waals surface area contributed by atoms with Crippen LogP contribution in [-0.4, -0.2) is 11.9 Å². The Balaban J connectivity index is 1.47. The first kappa shape index (κ1) is 19.7. The van der Waals surface area contributed by atoms with Crippen LogP contribution in [0.5, 0.6) is 0 Å². The van der Waals surface area contributed by atoms with Gasteiger partial charge < -0.3 is 20.4 Å². The van der Waals surface area contributed by atoms with Crippen LogP contribution in [-0.2, 0) is 6.54 Å². The molecule has 0 aliphatic heterocycles. The highest BCUT2D eigenvalue weighted by molar-refractivity contribution is 9.10. The Morgan fingerprint density at radius 3 is 2.39 bits per heavy atom. The van der Waals surface area contributed by atoms with E-state index in [-0.39, 0.29) is 23.7 Å². The Labute approximate surface area is 171 Å². The number of carbonyl (C=O) groups excluding carboxylic acids is 2. The van der Waals surface area contributed by atoms with Gasteiger partial charge >= 0.3 is 6.03 Å². The summed E-state index contributed by atoms with van der Waals surface area (Å²) in [5, 5.41) is 8.49. The van der Waals surface area contributed by atoms with E-state index in [2.05, 4.69) is 31.9 Å². The Hall–Kier alpha value is -3.06. The summed E-state index contributed by atoms with van der Waals surface area (Å²) in [5.74, 6) is -0.0560. The third kappa shape index (κ3) is 5.47. The van der Waals surface area contributed by atoms with Crippen molar-refractivity contribution in [3.05, 3.63) is 88.3 Å². The predicted octanol–water partition coefficient (Wildman–Crippen LogP) is 4.85. The first-order chi connectivity index (χ1) is 13.5. The molecule has 1 heterocycles. The molecule has 3 amide bonds. The van der Waals surface area contributed by atoms with Crippen LogP contribution in [0.25, 0.3) is 0 Å². The van der Waals surface area contributed by atoms with Crippen molar-refractivity contribution in [1.29, 1.82) is 0 Å². The van der Waals surface area contributed by atoms with E-state index in [4.69, 9.17) is 4.42 Å². The van der Waals surface area contributed by atoms with Crippen LogP contribution >= 0.6 is 15.9 Å². The van der Waals surface area contributed by atoms with Crippen LogP contribution in [0.3, 0.4) is 0 Å². The predicted molar refractivity (Wildman–Crippen MR) is 111 cm³/mol. The number of benzene rings is 2. The lowest BCUT2D eigenvalue weighted by atomic mass is 10.1. The number of furan rings is 1. The van der Waals surface area contributed by atoms with Crippen LogP contribution in [0.4, 0.5) is 10.5 Å². The van der Waals surface area contributed by atoms with E-state index in [1.165, 1.54) is 6.26 Å². The molecule has 1 atom stereocenters. The van der Waals surface area contributed by atoms with Crippen molar-refractivity contribution in [2.75, 3.05) is 5.32 Å². The van der Waals surface area contributed by atoms with Crippen molar-refractivity contribution in [3.63, 3.8) is 0 Å². The van der Waals surface area contributed by atoms with Gasteiger partial charge in [0.05, 0.1) is 12.3 Å². The topological polar surface area (TPSA) is 83.4 Å². The van der Waals surface area contributed by atoms with E-state index in [1.807, 2.05) is 43.3 Å². The van der Waals surface area contributed by atoms with Crippen LogP contribution in [0.15, 0.2) is 75.8 Å². The van der Waals surface area contributed by atoms with Crippen molar-refractivity contribution in [1.82, 2.24) is 10.6 Å². The minimum atomic E-state index is -0.308. The molecule has 144 valence electrons. The van der Waals surface area contributed by atoms with Crippen molar-refractivity contribution in [2.45, 2.75) is 19.5 Å². The van der Waals surface area contributed by atoms with E-state index >= 15 is 0 Å². The molecule has 1 aromatic heterocycles. The smallest absolute Gasteiger partial charge is 0.315 e. The van der Waals surface area contributed by atoms with Crippen LogP contribution < -0.4 is 16.0 Å². The van der Waals surface area contributed by atoms with Crippen molar-refractivity contribution >= 4 is 33.6 Å². The summed E-state index contributed by atoms with van der Waals surface area (Å²) in [7, 11) is 0. The zero-order valence-electron chi connectivity index (χ0n) is 15.2. The molecule has 0 bridgehead atoms. The number of hydrogen-bond acceptors (Lipinski definition) is 3. The molecule has 0 aliphatic rings. The van der Waals surface area contributed by atoms with Crippen LogP contribution in [0.2, 0.25) is 0 Å². The fourth-order valence-electron chi connectivity index (χ4n) is 2.57. The lowest BCUT2D eigenvalue weighted by Gasteiger charge is -2.15. The second-order valence-corrected chi connectivity index (χ2v) is 7.14. The molecule has 0 saturated carbocycles. The maximum absolute atomic E-state index is 12.1. The first-order valence-corrected chi connectivity index (χ1v) is 9.54. The second kappa shape index (κ2) is 9.23. The first-order valence-electron chi connectivity index (χ1n) is 8.75. The zero-order valence-corrected chi connectivity index (χ0v) is 16.8. The number of carbonyl (C=O) groups is 2. The standard InChI is InChI=1S/C21H20BrN3O3/c1-14(16-6-8-17(22)9-7-16)24-21(27)23-13-15-4-10-18(11-5-15)25-20(26)19-3-2-12-28-19/h2-12,14H,13H2,1H3,(H,25,26)(H2,23,24,27)/t14-/m0/s1. The fraction of sp³-hybridized carbons (Fsp3) is 0.143. The zero-order chi connectivity index (χ0) is 19.9. The Bertz CT molecular complexity index is 923. The van der Waals surface area contributed by atoms with E-state index in [1.54, 1.807) is 24.3 Å². The third-order valence-corrected chi connectivity index (χ3v) is 4.66. The van der Waals surface area contributed by atoms with E-state index in [0.717, 1.165) is 15.6 Å². The summed E-state index contributed by atoms with van der Waals surface area (Å²) in [4.78, 5) is 24.1. The quantitative estimate of drug-likeness (QED) is 0.510. The van der Waals surface area contributed by atoms with Crippen molar-refractivity contribution < 1.29 is 14.0 Å². The summed E-state index contributed by atoms with van der Waals surface area (Å²) in [6, 6.07) is 18.0. The van der Waals surface area contributed by atoms with Gasteiger partial charge in [-0.2, -0.15) is 0 Å². The van der Waals surface area contributed by atoms with E-state index in [9.17, 15) is 9.59 Å². The van der Waals surface area contributed by atoms with Gasteiger partial charge in [-0.3, -0.25) is 4.79 Å². The molecule has 6 nitrogen and oxygen atoms in total. The Morgan fingerprint density at radius 2 is 1.75 bits per heavy atom. The number of nitrogens with one attached hydrogen (secondary N) is 3. The average molecular weight is 442 g/mol. The fourth-order valence-corrected chi connectivity index (χ4v) is 2.84. The van der Waals surface area contributed by atoms with Gasteiger partial charge in [-0.05, 0) is 54.4 Å². The second-order valence-electron chi connectivity index (χ2n) is 6.23. The maximum Gasteiger partial charge on any atom is 0.315 e. The summed E-state index contributed by atoms with van der Waals surface area (Å²) >= 11 is 3.40. The molecule has 3 N–H and O–H groups in total. The monoisotopic (exact) mass is 441 g/mol. The van der Waals surface area contributed by atoms with Gasteiger partial charge in [0.15, 0.2) is 5.76 Å². The SMILES string of the molecule is C[C@H](NC(=O)NCc1ccc(NC(=O)c2ccco2)cc1)c1ccc(Br)cc1. The molecule has 3 aromatic rings. The molecule has 0 aliphatic carbocycles. The molecule has 7 heteroatoms. The number of anilines is 1. The lowest BCUT2D eigenvalue weighted by molar-refractivity contribution is 0.0996. The molecule has 0 fully saturated rings. The Morgan fingerprint density at radius 1 is 1.04 bits per heavy atom. The van der Waals surface area contributed by atoms with Gasteiger partial charge in [0, 0.05) is 16.7 Å². The maximum atomic E-state index is 12.1. The summed E-state index contributed by atoms with van der Waals surface area (Å²) < 4.78 is 6.05. The van der Waals surface area contributed by atoms with Gasteiger partial charge in [-0.15, -0.1) is 0 Å². The highest BCUT2D eigenvalue weighted by Gasteiger charge is 2.10. The molecule has 2 aromatic carbocycles. The summed E-state index contributed by atoms with van der Waals surface area (Å²) in [6.07, 6.45) is 1.45. The van der Waals surface area contributed by atoms with Crippen molar-refractivity contribution in [2.24, 2.45) is 0 Å². The highest BCUT2D eigenvalue weighted by Crippen LogP contribution is 2.16. The molecule has 0 radical (unpaired) electrons. The molecule has 0 spiro atoms. The van der Waals surface area contributed by atoms with Gasteiger partial charge in [0.2, 0.25) is 0 Å². The summed E-state index contributed by atoms with van der Waals surface area (Å²) in [5.41, 5.74) is 2.59. The highest BCUT2D eigenvalue weighted by atomic mass is 79.9. The molecule has 0 saturated heterocycles. The lowest BCUT2D eigenvalue weighted by Crippen LogP contribution is -2.36. The minimum Gasteiger partial charge on any atom is -0.459 e. The number of urea groups is 1. The normalized spacial score (nSPS) is 11.5. The summed E-state index contributed by atoms with van der Waals surface area (Å²) in [6.45, 7) is 2.31. The van der Waals surface area contributed by atoms with Crippen molar-refractivity contribution in [3.8, 4) is 0 Å². The number of halogens is 1. The third-order valence-electron chi connectivity index (χ3n) is 4.13. The number of hydrogen-bond donors (Lipinski definition) is 3. The van der Waals surface area contributed by atoms with Crippen LogP contribution in [0.1, 0.15) is 34.6 Å². The van der Waals surface area contributed by atoms with E-state index in [0.29, 0.717) is 12.2 Å². The van der Waals surface area contributed by atoms with Gasteiger partial charge in [-0.1, -0.05) is 40.2 Å². The largest absolute Gasteiger partial charge is 0.459 e. The molecular formula is C21H20BrN3O3. The number of amides is 3. The molecular weight excluding hydrogens is 422 g/mol. The molecule has 28 heavy (non-hydrogen) atoms. The van der Waals surface area contributed by atoms with Gasteiger partial charge in [-0.25, -0.2) is 4.79 Å². The van der Waals surface area contributed by atoms with E-state index < -0.39 is 0 Å². The number of rotatable bonds is 6. The molecule has 3 rings (SSSR count). The van der Waals surface area contributed by atoms with Crippen LogP contribution in [0, 0.1) is 0 Å². The Kier molecular flexibility index (Phi) is 6.49.